The molecule has 0 bridgehead atoms. The first-order valence-corrected chi connectivity index (χ1v) is 17.6. The lowest BCUT2D eigenvalue weighted by Crippen LogP contribution is -2.36. The van der Waals surface area contributed by atoms with Crippen molar-refractivity contribution in [2.75, 3.05) is 39.2 Å². The van der Waals surface area contributed by atoms with E-state index >= 15 is 0 Å². The molecule has 0 saturated carbocycles. The SMILES string of the molecule is CC(=O)c1ccc(/C=C/COCC(O)CS(=O)(=O)O)cc1.COc1ccc2c(C)cn(CC(=O)N(CCC(C)C)CCC(C)C)c2c1. The van der Waals surface area contributed by atoms with Gasteiger partial charge in [0.05, 0.1) is 31.9 Å². The molecule has 2 aromatic carbocycles. The molecule has 0 aliphatic heterocycles. The summed E-state index contributed by atoms with van der Waals surface area (Å²) >= 11 is 0. The highest BCUT2D eigenvalue weighted by atomic mass is 32.2. The molecular weight excluding hydrogens is 620 g/mol. The fraction of sp³-hybridized carbons (Fsp3) is 0.500. The number of ketones is 1. The maximum absolute atomic E-state index is 13.0. The van der Waals surface area contributed by atoms with Gasteiger partial charge in [0.15, 0.2) is 5.78 Å². The second kappa shape index (κ2) is 19.3. The van der Waals surface area contributed by atoms with E-state index in [1.165, 1.54) is 17.9 Å². The molecule has 0 fully saturated rings. The third-order valence-corrected chi connectivity index (χ3v) is 8.26. The Balaban J connectivity index is 0.000000335. The van der Waals surface area contributed by atoms with Gasteiger partial charge in [0.1, 0.15) is 18.0 Å². The number of aliphatic hydroxyl groups excluding tert-OH is 1. The fourth-order valence-electron chi connectivity index (χ4n) is 4.72. The highest BCUT2D eigenvalue weighted by Gasteiger charge is 2.17. The minimum atomic E-state index is -4.20. The number of hydrogen-bond donors (Lipinski definition) is 2. The molecule has 2 N–H and O–H groups in total. The van der Waals surface area contributed by atoms with Crippen LogP contribution < -0.4 is 4.74 Å². The van der Waals surface area contributed by atoms with Gasteiger partial charge in [0.25, 0.3) is 10.1 Å². The number of methoxy groups -OCH3 is 1. The van der Waals surface area contributed by atoms with Gasteiger partial charge in [-0.25, -0.2) is 0 Å². The Morgan fingerprint density at radius 3 is 2.15 bits per heavy atom. The Kier molecular flexibility index (Phi) is 16.3. The quantitative estimate of drug-likeness (QED) is 0.101. The molecule has 1 unspecified atom stereocenters. The molecule has 0 saturated heterocycles. The molecule has 0 aliphatic carbocycles. The maximum Gasteiger partial charge on any atom is 0.267 e. The van der Waals surface area contributed by atoms with Crippen LogP contribution in [0.4, 0.5) is 0 Å². The summed E-state index contributed by atoms with van der Waals surface area (Å²) in [5.74, 6) is 1.48. The Labute approximate surface area is 280 Å². The van der Waals surface area contributed by atoms with E-state index in [-0.39, 0.29) is 24.9 Å². The van der Waals surface area contributed by atoms with Gasteiger partial charge >= 0.3 is 0 Å². The van der Waals surface area contributed by atoms with Gasteiger partial charge in [-0.3, -0.25) is 14.1 Å². The fourth-order valence-corrected chi connectivity index (χ4v) is 5.31. The highest BCUT2D eigenvalue weighted by Crippen LogP contribution is 2.25. The molecule has 47 heavy (non-hydrogen) atoms. The number of benzene rings is 2. The summed E-state index contributed by atoms with van der Waals surface area (Å²) in [5, 5.41) is 10.4. The van der Waals surface area contributed by atoms with Crippen molar-refractivity contribution in [3.63, 3.8) is 0 Å². The third kappa shape index (κ3) is 14.9. The Hall–Kier alpha value is -3.51. The number of nitrogens with zero attached hydrogens (tertiary/aromatic N) is 2. The second-order valence-corrected chi connectivity index (χ2v) is 14.1. The van der Waals surface area contributed by atoms with E-state index in [0.717, 1.165) is 42.8 Å². The predicted molar refractivity (Wildman–Crippen MR) is 187 cm³/mol. The number of carbonyl (C=O) groups excluding carboxylic acids is 2. The number of aryl methyl sites for hydroxylation is 1. The smallest absolute Gasteiger partial charge is 0.267 e. The summed E-state index contributed by atoms with van der Waals surface area (Å²) in [5.41, 5.74) is 3.77. The number of ether oxygens (including phenoxy) is 2. The largest absolute Gasteiger partial charge is 0.497 e. The predicted octanol–water partition coefficient (Wildman–Crippen LogP) is 6.05. The Morgan fingerprint density at radius 1 is 1.00 bits per heavy atom. The average molecular weight is 673 g/mol. The van der Waals surface area contributed by atoms with Crippen LogP contribution in [0.1, 0.15) is 68.9 Å². The van der Waals surface area contributed by atoms with E-state index in [4.69, 9.17) is 14.0 Å². The Morgan fingerprint density at radius 2 is 1.62 bits per heavy atom. The van der Waals surface area contributed by atoms with Crippen LogP contribution in [0.5, 0.6) is 5.75 Å². The lowest BCUT2D eigenvalue weighted by Gasteiger charge is -2.25. The molecule has 0 aliphatic rings. The van der Waals surface area contributed by atoms with E-state index in [1.54, 1.807) is 43.5 Å². The first-order chi connectivity index (χ1) is 22.1. The molecule has 1 aromatic heterocycles. The highest BCUT2D eigenvalue weighted by molar-refractivity contribution is 7.85. The summed E-state index contributed by atoms with van der Waals surface area (Å²) in [6, 6.07) is 13.1. The van der Waals surface area contributed by atoms with Crippen molar-refractivity contribution in [3.8, 4) is 5.75 Å². The van der Waals surface area contributed by atoms with Gasteiger partial charge in [-0.15, -0.1) is 0 Å². The summed E-state index contributed by atoms with van der Waals surface area (Å²) < 4.78 is 42.0. The first kappa shape index (κ1) is 39.7. The monoisotopic (exact) mass is 672 g/mol. The van der Waals surface area contributed by atoms with Crippen LogP contribution in [-0.4, -0.2) is 84.5 Å². The van der Waals surface area contributed by atoms with E-state index in [1.807, 2.05) is 17.0 Å². The van der Waals surface area contributed by atoms with Crippen molar-refractivity contribution >= 4 is 38.8 Å². The maximum atomic E-state index is 13.0. The number of hydrogen-bond acceptors (Lipinski definition) is 7. The summed E-state index contributed by atoms with van der Waals surface area (Å²) in [6.07, 6.45) is 6.38. The number of fused-ring (bicyclic) bond motifs is 1. The van der Waals surface area contributed by atoms with Crippen LogP contribution in [0.3, 0.4) is 0 Å². The van der Waals surface area contributed by atoms with Crippen molar-refractivity contribution in [2.24, 2.45) is 11.8 Å². The van der Waals surface area contributed by atoms with Gasteiger partial charge < -0.3 is 24.0 Å². The number of carbonyl (C=O) groups is 2. The summed E-state index contributed by atoms with van der Waals surface area (Å²) in [4.78, 5) is 26.2. The molecule has 260 valence electrons. The van der Waals surface area contributed by atoms with Crippen molar-refractivity contribution in [2.45, 2.75) is 67.0 Å². The summed E-state index contributed by atoms with van der Waals surface area (Å²) in [7, 11) is -2.52. The molecule has 1 amide bonds. The molecule has 3 rings (SSSR count). The lowest BCUT2D eigenvalue weighted by atomic mass is 10.1. The third-order valence-electron chi connectivity index (χ3n) is 7.45. The van der Waals surface area contributed by atoms with E-state index < -0.39 is 22.0 Å². The minimum absolute atomic E-state index is 0.00156. The number of aliphatic hydroxyl groups is 1. The topological polar surface area (TPSA) is 135 Å². The number of rotatable bonds is 17. The van der Waals surface area contributed by atoms with E-state index in [9.17, 15) is 23.1 Å². The van der Waals surface area contributed by atoms with Crippen molar-refractivity contribution in [3.05, 3.63) is 71.4 Å². The molecule has 1 heterocycles. The standard InChI is InChI=1S/C22H34N2O2.C14H18O6S/c1-16(2)9-11-23(12-10-17(3)4)22(25)15-24-14-18(5)20-8-7-19(26-6)13-21(20)24;1-11(15)13-6-4-12(5-7-13)3-2-8-20-9-14(16)10-21(17,18)19/h7-8,13-14,16-17H,9-12,15H2,1-6H3;2-7,14,16H,8-10H2,1H3,(H,17,18,19)/b;3-2+. The molecule has 0 radical (unpaired) electrons. The van der Waals surface area contributed by atoms with E-state index in [2.05, 4.69) is 51.4 Å². The van der Waals surface area contributed by atoms with Crippen LogP contribution >= 0.6 is 0 Å². The zero-order valence-electron chi connectivity index (χ0n) is 28.8. The lowest BCUT2D eigenvalue weighted by molar-refractivity contribution is -0.132. The van der Waals surface area contributed by atoms with Crippen molar-refractivity contribution in [1.82, 2.24) is 9.47 Å². The van der Waals surface area contributed by atoms with Gasteiger partial charge in [-0.05, 0) is 61.8 Å². The van der Waals surface area contributed by atoms with Crippen LogP contribution in [0.15, 0.2) is 54.7 Å². The van der Waals surface area contributed by atoms with Crippen molar-refractivity contribution in [1.29, 1.82) is 0 Å². The zero-order chi connectivity index (χ0) is 35.1. The molecular formula is C36H52N2O8S. The number of aromatic nitrogens is 1. The van der Waals surface area contributed by atoms with Crippen LogP contribution in [0, 0.1) is 18.8 Å². The summed E-state index contributed by atoms with van der Waals surface area (Å²) in [6.45, 7) is 14.5. The number of Topliss-reactive ketones (excluding diaryl/α,β-unsaturated/α-hetero) is 1. The van der Waals surface area contributed by atoms with E-state index in [0.29, 0.717) is 23.9 Å². The molecule has 1 atom stereocenters. The first-order valence-electron chi connectivity index (χ1n) is 16.0. The van der Waals surface area contributed by atoms with Gasteiger partial charge in [0, 0.05) is 36.3 Å². The van der Waals surface area contributed by atoms with Gasteiger partial charge in [-0.2, -0.15) is 8.42 Å². The zero-order valence-corrected chi connectivity index (χ0v) is 29.6. The molecule has 11 heteroatoms. The molecule has 10 nitrogen and oxygen atoms in total. The van der Waals surface area contributed by atoms with Gasteiger partial charge in [-0.1, -0.05) is 64.1 Å². The van der Waals surface area contributed by atoms with Crippen LogP contribution in [0.25, 0.3) is 17.0 Å². The van der Waals surface area contributed by atoms with Crippen molar-refractivity contribution < 1.29 is 37.1 Å². The van der Waals surface area contributed by atoms with Crippen LogP contribution in [-0.2, 0) is 26.2 Å². The minimum Gasteiger partial charge on any atom is -0.497 e. The normalized spacial score (nSPS) is 12.4. The molecule has 3 aromatic rings. The average Bonchev–Trinajstić information content (AvgIpc) is 3.30. The van der Waals surface area contributed by atoms with Crippen LogP contribution in [0.2, 0.25) is 0 Å². The Bertz CT molecular complexity index is 1550. The second-order valence-electron chi connectivity index (χ2n) is 12.6. The van der Waals surface area contributed by atoms with Gasteiger partial charge in [0.2, 0.25) is 5.91 Å². The number of amides is 1. The molecule has 0 spiro atoms.